The summed E-state index contributed by atoms with van der Waals surface area (Å²) in [6, 6.07) is 14.0. The molecule has 3 aromatic rings. The molecule has 3 rings (SSSR count). The molecule has 2 N–H and O–H groups in total. The van der Waals surface area contributed by atoms with Crippen LogP contribution in [0.4, 0.5) is 5.69 Å². The summed E-state index contributed by atoms with van der Waals surface area (Å²) in [6.07, 6.45) is 0. The Bertz CT molecular complexity index is 940. The molecule has 0 spiro atoms. The molecule has 1 aromatic heterocycles. The average Bonchev–Trinajstić information content (AvgIpc) is 3.08. The maximum absolute atomic E-state index is 12.3. The second-order valence-corrected chi connectivity index (χ2v) is 7.09. The predicted octanol–water partition coefficient (Wildman–Crippen LogP) is 3.68. The lowest BCUT2D eigenvalue weighted by Crippen LogP contribution is -2.23. The van der Waals surface area contributed by atoms with Crippen molar-refractivity contribution in [2.24, 2.45) is 0 Å². The monoisotopic (exact) mass is 386 g/mol. The van der Waals surface area contributed by atoms with E-state index in [0.717, 1.165) is 5.56 Å². The average molecular weight is 387 g/mol. The summed E-state index contributed by atoms with van der Waals surface area (Å²) in [5, 5.41) is 14.8. The van der Waals surface area contributed by atoms with Gasteiger partial charge in [0.05, 0.1) is 0 Å². The molecule has 1 heterocycles. The van der Waals surface area contributed by atoms with E-state index in [1.54, 1.807) is 43.3 Å². The molecule has 0 saturated heterocycles. The molecule has 0 saturated carbocycles. The molecular weight excluding hydrogens is 372 g/mol. The van der Waals surface area contributed by atoms with Gasteiger partial charge in [-0.15, -0.1) is 10.2 Å². The summed E-state index contributed by atoms with van der Waals surface area (Å²) in [6.45, 7) is 2.16. The van der Waals surface area contributed by atoms with Gasteiger partial charge in [-0.25, -0.2) is 0 Å². The smallest absolute Gasteiger partial charge is 0.286 e. The van der Waals surface area contributed by atoms with Crippen molar-refractivity contribution in [3.8, 4) is 0 Å². The van der Waals surface area contributed by atoms with Crippen LogP contribution in [-0.4, -0.2) is 22.0 Å². The van der Waals surface area contributed by atoms with E-state index in [-0.39, 0.29) is 16.8 Å². The van der Waals surface area contributed by atoms with E-state index in [0.29, 0.717) is 27.8 Å². The standard InChI is InChI=1S/C18H15ClN4O2S/c1-11-22-23-18(26-11)17(25)21-15-4-2-3-13(9-15)16(24)20-10-12-5-7-14(19)8-6-12/h2-9H,10H2,1H3,(H,20,24)(H,21,25). The highest BCUT2D eigenvalue weighted by molar-refractivity contribution is 7.13. The second kappa shape index (κ2) is 8.07. The molecule has 132 valence electrons. The molecule has 2 aromatic carbocycles. The maximum Gasteiger partial charge on any atom is 0.286 e. The third-order valence-electron chi connectivity index (χ3n) is 3.47. The van der Waals surface area contributed by atoms with Crippen molar-refractivity contribution < 1.29 is 9.59 Å². The van der Waals surface area contributed by atoms with Crippen molar-refractivity contribution in [1.82, 2.24) is 15.5 Å². The first-order valence-corrected chi connectivity index (χ1v) is 8.95. The lowest BCUT2D eigenvalue weighted by Gasteiger charge is -2.08. The number of amides is 2. The van der Waals surface area contributed by atoms with Crippen LogP contribution in [-0.2, 0) is 6.54 Å². The van der Waals surface area contributed by atoms with Crippen LogP contribution in [0.25, 0.3) is 0 Å². The van der Waals surface area contributed by atoms with Gasteiger partial charge in [0.15, 0.2) is 0 Å². The van der Waals surface area contributed by atoms with Gasteiger partial charge in [-0.3, -0.25) is 9.59 Å². The van der Waals surface area contributed by atoms with Crippen LogP contribution in [0.15, 0.2) is 48.5 Å². The molecule has 0 unspecified atom stereocenters. The molecule has 0 aliphatic rings. The van der Waals surface area contributed by atoms with Crippen LogP contribution in [0.1, 0.15) is 30.7 Å². The Hall–Kier alpha value is -2.77. The summed E-state index contributed by atoms with van der Waals surface area (Å²) in [7, 11) is 0. The third kappa shape index (κ3) is 4.65. The van der Waals surface area contributed by atoms with Gasteiger partial charge >= 0.3 is 0 Å². The highest BCUT2D eigenvalue weighted by Crippen LogP contribution is 2.15. The summed E-state index contributed by atoms with van der Waals surface area (Å²) >= 11 is 7.05. The molecule has 6 nitrogen and oxygen atoms in total. The molecule has 0 fully saturated rings. The van der Waals surface area contributed by atoms with Gasteiger partial charge in [0.25, 0.3) is 11.8 Å². The Morgan fingerprint density at radius 3 is 2.54 bits per heavy atom. The fourth-order valence-electron chi connectivity index (χ4n) is 2.20. The largest absolute Gasteiger partial charge is 0.348 e. The van der Waals surface area contributed by atoms with E-state index < -0.39 is 0 Å². The topological polar surface area (TPSA) is 84.0 Å². The van der Waals surface area contributed by atoms with Gasteiger partial charge in [0.1, 0.15) is 5.01 Å². The van der Waals surface area contributed by atoms with Gasteiger partial charge in [-0.2, -0.15) is 0 Å². The molecule has 26 heavy (non-hydrogen) atoms. The van der Waals surface area contributed by atoms with Gasteiger partial charge in [0, 0.05) is 22.8 Å². The minimum Gasteiger partial charge on any atom is -0.348 e. The number of hydrogen-bond acceptors (Lipinski definition) is 5. The first-order valence-electron chi connectivity index (χ1n) is 7.75. The number of nitrogens with zero attached hydrogens (tertiary/aromatic N) is 2. The van der Waals surface area contributed by atoms with E-state index in [4.69, 9.17) is 11.6 Å². The van der Waals surface area contributed by atoms with Crippen molar-refractivity contribution in [2.45, 2.75) is 13.5 Å². The first kappa shape index (κ1) is 18.0. The lowest BCUT2D eigenvalue weighted by molar-refractivity contribution is 0.0949. The fraction of sp³-hybridized carbons (Fsp3) is 0.111. The molecular formula is C18H15ClN4O2S. The van der Waals surface area contributed by atoms with Crippen molar-refractivity contribution in [3.05, 3.63) is 74.7 Å². The molecule has 0 atom stereocenters. The van der Waals surface area contributed by atoms with Crippen LogP contribution in [0, 0.1) is 6.92 Å². The normalized spacial score (nSPS) is 10.4. The Labute approximate surface area is 159 Å². The zero-order chi connectivity index (χ0) is 18.5. The summed E-state index contributed by atoms with van der Waals surface area (Å²) < 4.78 is 0. The number of carbonyl (C=O) groups excluding carboxylic acids is 2. The Kier molecular flexibility index (Phi) is 5.60. The number of benzene rings is 2. The molecule has 0 aliphatic carbocycles. The van der Waals surface area contributed by atoms with E-state index in [1.807, 2.05) is 12.1 Å². The summed E-state index contributed by atoms with van der Waals surface area (Å²) in [5.41, 5.74) is 1.91. The van der Waals surface area contributed by atoms with Crippen LogP contribution < -0.4 is 10.6 Å². The molecule has 8 heteroatoms. The van der Waals surface area contributed by atoms with Crippen molar-refractivity contribution in [1.29, 1.82) is 0 Å². The zero-order valence-electron chi connectivity index (χ0n) is 13.8. The number of halogens is 1. The Morgan fingerprint density at radius 2 is 1.85 bits per heavy atom. The number of aromatic nitrogens is 2. The van der Waals surface area contributed by atoms with Gasteiger partial charge in [-0.05, 0) is 42.8 Å². The minimum absolute atomic E-state index is 0.234. The molecule has 2 amide bonds. The maximum atomic E-state index is 12.3. The van der Waals surface area contributed by atoms with Crippen LogP contribution >= 0.6 is 22.9 Å². The van der Waals surface area contributed by atoms with E-state index >= 15 is 0 Å². The first-order chi connectivity index (χ1) is 12.5. The van der Waals surface area contributed by atoms with Crippen LogP contribution in [0.5, 0.6) is 0 Å². The van der Waals surface area contributed by atoms with Gasteiger partial charge in [0.2, 0.25) is 5.01 Å². The van der Waals surface area contributed by atoms with E-state index in [2.05, 4.69) is 20.8 Å². The van der Waals surface area contributed by atoms with Gasteiger partial charge in [-0.1, -0.05) is 41.1 Å². The number of aryl methyl sites for hydroxylation is 1. The van der Waals surface area contributed by atoms with E-state index in [1.165, 1.54) is 11.3 Å². The quantitative estimate of drug-likeness (QED) is 0.700. The van der Waals surface area contributed by atoms with E-state index in [9.17, 15) is 9.59 Å². The molecule has 0 bridgehead atoms. The fourth-order valence-corrected chi connectivity index (χ4v) is 2.91. The van der Waals surface area contributed by atoms with Gasteiger partial charge < -0.3 is 10.6 Å². The zero-order valence-corrected chi connectivity index (χ0v) is 15.4. The number of nitrogens with one attached hydrogen (secondary N) is 2. The summed E-state index contributed by atoms with van der Waals surface area (Å²) in [4.78, 5) is 24.5. The SMILES string of the molecule is Cc1nnc(C(=O)Nc2cccc(C(=O)NCc3ccc(Cl)cc3)c2)s1. The third-order valence-corrected chi connectivity index (χ3v) is 4.56. The van der Waals surface area contributed by atoms with Crippen molar-refractivity contribution >= 4 is 40.4 Å². The lowest BCUT2D eigenvalue weighted by atomic mass is 10.1. The number of hydrogen-bond donors (Lipinski definition) is 2. The highest BCUT2D eigenvalue weighted by atomic mass is 35.5. The number of rotatable bonds is 5. The highest BCUT2D eigenvalue weighted by Gasteiger charge is 2.13. The second-order valence-electron chi connectivity index (χ2n) is 5.47. The number of carbonyl (C=O) groups is 2. The predicted molar refractivity (Wildman–Crippen MR) is 102 cm³/mol. The Morgan fingerprint density at radius 1 is 1.08 bits per heavy atom. The molecule has 0 aliphatic heterocycles. The minimum atomic E-state index is -0.352. The van der Waals surface area contributed by atoms with Crippen molar-refractivity contribution in [2.75, 3.05) is 5.32 Å². The summed E-state index contributed by atoms with van der Waals surface area (Å²) in [5.74, 6) is -0.586. The van der Waals surface area contributed by atoms with Crippen molar-refractivity contribution in [3.63, 3.8) is 0 Å². The van der Waals surface area contributed by atoms with Crippen LogP contribution in [0.3, 0.4) is 0 Å². The Balaban J connectivity index is 1.63. The van der Waals surface area contributed by atoms with Crippen LogP contribution in [0.2, 0.25) is 5.02 Å². The number of anilines is 1. The molecule has 0 radical (unpaired) electrons.